The molecular weight excluding hydrogens is 115 g/mol. The standard InChI is InChI=1S/C3H3N.Zn/c1-3-4-2;/h1-3H;/q-2;+2. The number of hydrogen-bond donors (Lipinski definition) is 0. The monoisotopic (exact) mass is 117 g/mol. The summed E-state index contributed by atoms with van der Waals surface area (Å²) >= 11 is 0. The van der Waals surface area contributed by atoms with Crippen LogP contribution in [0.2, 0.25) is 0 Å². The summed E-state index contributed by atoms with van der Waals surface area (Å²) in [5.41, 5.74) is 0. The van der Waals surface area contributed by atoms with Crippen molar-refractivity contribution in [1.29, 1.82) is 0 Å². The minimum atomic E-state index is 0. The fourth-order valence-corrected chi connectivity index (χ4v) is 0. The first-order valence-electron chi connectivity index (χ1n) is 0.850. The van der Waals surface area contributed by atoms with Crippen LogP contribution in [0.5, 0.6) is 0 Å². The number of aliphatic imine (C=N–C) groups is 1. The van der Waals surface area contributed by atoms with Crippen molar-refractivity contribution in [3.05, 3.63) is 12.8 Å². The molecule has 0 fully saturated rings. The second-order valence-corrected chi connectivity index (χ2v) is 0.298. The molecule has 0 rings (SSSR count). The van der Waals surface area contributed by atoms with E-state index in [9.17, 15) is 0 Å². The third kappa shape index (κ3) is 15.6. The molecule has 0 aromatic heterocycles. The Bertz CT molecular complexity index is 27.9. The number of rotatable bonds is 1. The zero-order chi connectivity index (χ0) is 3.41. The van der Waals surface area contributed by atoms with Crippen molar-refractivity contribution in [3.8, 4) is 0 Å². The van der Waals surface area contributed by atoms with Gasteiger partial charge in [-0.2, -0.15) is 6.72 Å². The van der Waals surface area contributed by atoms with Crippen molar-refractivity contribution >= 4 is 6.72 Å². The van der Waals surface area contributed by atoms with Gasteiger partial charge in [-0.3, -0.25) is 0 Å². The topological polar surface area (TPSA) is 12.4 Å². The third-order valence-corrected chi connectivity index (χ3v) is 0.0861. The Labute approximate surface area is 44.6 Å². The molecule has 0 saturated heterocycles. The zero-order valence-corrected chi connectivity index (χ0v) is 5.85. The molecule has 0 bridgehead atoms. The molecule has 0 aliphatic carbocycles. The molecule has 0 aliphatic heterocycles. The van der Waals surface area contributed by atoms with Crippen LogP contribution in [0.15, 0.2) is 11.2 Å². The Kier molecular flexibility index (Phi) is 16.0. The smallest absolute Gasteiger partial charge is 0.601 e. The van der Waals surface area contributed by atoms with E-state index < -0.39 is 0 Å². The SMILES string of the molecule is [CH-]=CN=[CH-].[Zn+2]. The van der Waals surface area contributed by atoms with Crippen molar-refractivity contribution in [2.24, 2.45) is 4.99 Å². The molecule has 0 atom stereocenters. The van der Waals surface area contributed by atoms with Crippen LogP contribution in [-0.2, 0) is 19.5 Å². The van der Waals surface area contributed by atoms with Crippen molar-refractivity contribution in [2.45, 2.75) is 0 Å². The molecule has 0 N–H and O–H groups in total. The summed E-state index contributed by atoms with van der Waals surface area (Å²) in [6.07, 6.45) is 1.03. The van der Waals surface area contributed by atoms with E-state index in [1.165, 1.54) is 0 Å². The quantitative estimate of drug-likeness (QED) is 0.270. The van der Waals surface area contributed by atoms with Gasteiger partial charge in [0.15, 0.2) is 0 Å². The fraction of sp³-hybridized carbons (Fsp3) is 0. The van der Waals surface area contributed by atoms with Crippen LogP contribution in [-0.4, -0.2) is 6.72 Å². The van der Waals surface area contributed by atoms with Gasteiger partial charge in [-0.05, 0) is 0 Å². The first-order chi connectivity index (χ1) is 1.91. The molecule has 0 aromatic carbocycles. The number of nitrogens with zero attached hydrogens (tertiary/aromatic N) is 1. The van der Waals surface area contributed by atoms with E-state index in [2.05, 4.69) is 18.3 Å². The molecule has 0 radical (unpaired) electrons. The first-order valence-corrected chi connectivity index (χ1v) is 0.850. The van der Waals surface area contributed by atoms with E-state index in [-0.39, 0.29) is 19.5 Å². The molecule has 0 unspecified atom stereocenters. The van der Waals surface area contributed by atoms with Gasteiger partial charge in [-0.1, -0.05) is 0 Å². The van der Waals surface area contributed by atoms with Crippen LogP contribution in [0, 0.1) is 6.58 Å². The molecule has 0 amide bonds. The molecule has 0 spiro atoms. The van der Waals surface area contributed by atoms with Crippen molar-refractivity contribution in [2.75, 3.05) is 0 Å². The predicted molar refractivity (Wildman–Crippen MR) is 17.4 cm³/mol. The maximum Gasteiger partial charge on any atom is 2.00 e. The summed E-state index contributed by atoms with van der Waals surface area (Å²) in [5, 5.41) is 0. The largest absolute Gasteiger partial charge is 2.00 e. The second kappa shape index (κ2) is 8.98. The van der Waals surface area contributed by atoms with E-state index in [4.69, 9.17) is 0 Å². The van der Waals surface area contributed by atoms with Crippen LogP contribution >= 0.6 is 0 Å². The van der Waals surface area contributed by atoms with E-state index in [1.54, 1.807) is 0 Å². The van der Waals surface area contributed by atoms with Gasteiger partial charge in [0.1, 0.15) is 0 Å². The molecule has 0 saturated carbocycles. The Morgan fingerprint density at radius 2 is 1.80 bits per heavy atom. The summed E-state index contributed by atoms with van der Waals surface area (Å²) in [6.45, 7) is 9.08. The van der Waals surface area contributed by atoms with Crippen LogP contribution < -0.4 is 0 Å². The van der Waals surface area contributed by atoms with Crippen molar-refractivity contribution in [3.63, 3.8) is 0 Å². The summed E-state index contributed by atoms with van der Waals surface area (Å²) in [4.78, 5) is 2.89. The van der Waals surface area contributed by atoms with E-state index >= 15 is 0 Å². The van der Waals surface area contributed by atoms with E-state index in [0.29, 0.717) is 0 Å². The Morgan fingerprint density at radius 1 is 1.60 bits per heavy atom. The van der Waals surface area contributed by atoms with Crippen LogP contribution in [0.1, 0.15) is 0 Å². The normalized spacial score (nSPS) is 4.00. The maximum absolute atomic E-state index is 4.61. The van der Waals surface area contributed by atoms with Gasteiger partial charge in [0.2, 0.25) is 0 Å². The first kappa shape index (κ1) is 8.90. The minimum absolute atomic E-state index is 0. The molecule has 0 aliphatic rings. The van der Waals surface area contributed by atoms with Crippen LogP contribution in [0.4, 0.5) is 0 Å². The molecule has 2 heteroatoms. The summed E-state index contributed by atoms with van der Waals surface area (Å²) in [6, 6.07) is 0. The van der Waals surface area contributed by atoms with Crippen LogP contribution in [0.25, 0.3) is 0 Å². The Hall–Kier alpha value is 0.0334. The average Bonchev–Trinajstić information content (AvgIpc) is 1.37. The van der Waals surface area contributed by atoms with Gasteiger partial charge in [-0.25, -0.2) is 0 Å². The van der Waals surface area contributed by atoms with Gasteiger partial charge < -0.3 is 17.8 Å². The second-order valence-electron chi connectivity index (χ2n) is 0.298. The molecule has 1 nitrogen and oxygen atoms in total. The molecule has 0 aromatic rings. The van der Waals surface area contributed by atoms with Gasteiger partial charge in [0.05, 0.1) is 0 Å². The predicted octanol–water partition coefficient (Wildman–Crippen LogP) is 0.508. The third-order valence-electron chi connectivity index (χ3n) is 0.0861. The zero-order valence-electron chi connectivity index (χ0n) is 2.89. The Morgan fingerprint density at radius 3 is 1.80 bits per heavy atom. The van der Waals surface area contributed by atoms with Crippen LogP contribution in [0.3, 0.4) is 0 Å². The summed E-state index contributed by atoms with van der Waals surface area (Å²) in [5.74, 6) is 0. The maximum atomic E-state index is 4.61. The van der Waals surface area contributed by atoms with Gasteiger partial charge >= 0.3 is 19.5 Å². The molecule has 22 valence electrons. The average molecular weight is 118 g/mol. The summed E-state index contributed by atoms with van der Waals surface area (Å²) < 4.78 is 0. The minimum Gasteiger partial charge on any atom is -0.601 e. The van der Waals surface area contributed by atoms with Crippen molar-refractivity contribution in [1.82, 2.24) is 0 Å². The molecule has 0 heterocycles. The van der Waals surface area contributed by atoms with Gasteiger partial charge in [0.25, 0.3) is 0 Å². The van der Waals surface area contributed by atoms with E-state index in [0.717, 1.165) is 6.20 Å². The molecular formula is C3H3NZn. The molecule has 5 heavy (non-hydrogen) atoms. The summed E-state index contributed by atoms with van der Waals surface area (Å²) in [7, 11) is 0. The van der Waals surface area contributed by atoms with Gasteiger partial charge in [-0.15, -0.1) is 0 Å². The van der Waals surface area contributed by atoms with Crippen molar-refractivity contribution < 1.29 is 19.5 Å². The fourth-order valence-electron chi connectivity index (χ4n) is 0. The van der Waals surface area contributed by atoms with E-state index in [1.807, 2.05) is 0 Å². The number of hydrogen-bond acceptors (Lipinski definition) is 1. The Balaban J connectivity index is 0. The van der Waals surface area contributed by atoms with Gasteiger partial charge in [0, 0.05) is 0 Å².